The van der Waals surface area contributed by atoms with Gasteiger partial charge in [-0.25, -0.2) is 4.98 Å². The van der Waals surface area contributed by atoms with Crippen LogP contribution in [0.1, 0.15) is 16.3 Å². The number of amides is 1. The second kappa shape index (κ2) is 7.10. The first-order chi connectivity index (χ1) is 12.0. The van der Waals surface area contributed by atoms with Gasteiger partial charge in [0, 0.05) is 46.1 Å². The number of hydrogen-bond acceptors (Lipinski definition) is 6. The van der Waals surface area contributed by atoms with Crippen molar-refractivity contribution in [2.45, 2.75) is 13.0 Å². The smallest absolute Gasteiger partial charge is 0.293 e. The maximum Gasteiger partial charge on any atom is 0.293 e. The van der Waals surface area contributed by atoms with Crippen molar-refractivity contribution in [1.29, 1.82) is 0 Å². The lowest BCUT2D eigenvalue weighted by molar-refractivity contribution is -0.0182. The predicted molar refractivity (Wildman–Crippen MR) is 91.8 cm³/mol. The molecule has 2 aromatic heterocycles. The van der Waals surface area contributed by atoms with Gasteiger partial charge in [-0.2, -0.15) is 0 Å². The molecule has 0 spiro atoms. The summed E-state index contributed by atoms with van der Waals surface area (Å²) in [5, 5.41) is 0. The Morgan fingerprint density at radius 2 is 2.24 bits per heavy atom. The molecule has 1 atom stereocenters. The van der Waals surface area contributed by atoms with E-state index in [0.29, 0.717) is 43.6 Å². The van der Waals surface area contributed by atoms with Crippen LogP contribution in [0.5, 0.6) is 0 Å². The molecule has 3 heterocycles. The maximum absolute atomic E-state index is 12.5. The molecule has 0 N–H and O–H groups in total. The van der Waals surface area contributed by atoms with Crippen molar-refractivity contribution >= 4 is 11.7 Å². The summed E-state index contributed by atoms with van der Waals surface area (Å²) in [6.07, 6.45) is 3.00. The van der Waals surface area contributed by atoms with Gasteiger partial charge < -0.3 is 23.5 Å². The zero-order valence-corrected chi connectivity index (χ0v) is 14.6. The monoisotopic (exact) mass is 346 g/mol. The number of carbonyl (C=O) groups is 1. The number of furan rings is 1. The lowest BCUT2D eigenvalue weighted by atomic mass is 10.2. The highest BCUT2D eigenvalue weighted by molar-refractivity contribution is 5.91. The van der Waals surface area contributed by atoms with Crippen LogP contribution in [0.25, 0.3) is 0 Å². The molecule has 1 unspecified atom stereocenters. The molecule has 0 aliphatic carbocycles. The Hall–Kier alpha value is -2.61. The summed E-state index contributed by atoms with van der Waals surface area (Å²) in [5.41, 5.74) is -0.167. The molecule has 3 rings (SSSR count). The quantitative estimate of drug-likeness (QED) is 0.809. The molecule has 1 aliphatic rings. The Labute approximate surface area is 145 Å². The average molecular weight is 346 g/mol. The molecule has 1 aliphatic heterocycles. The molecule has 1 saturated heterocycles. The lowest BCUT2D eigenvalue weighted by Gasteiger charge is -2.34. The summed E-state index contributed by atoms with van der Waals surface area (Å²) in [7, 11) is 3.48. The van der Waals surface area contributed by atoms with Gasteiger partial charge in [0.15, 0.2) is 11.6 Å². The molecular weight excluding hydrogens is 324 g/mol. The average Bonchev–Trinajstić information content (AvgIpc) is 3.03. The first kappa shape index (κ1) is 17.2. The molecule has 1 fully saturated rings. The van der Waals surface area contributed by atoms with Crippen LogP contribution in [0.3, 0.4) is 0 Å². The van der Waals surface area contributed by atoms with Crippen molar-refractivity contribution in [3.05, 3.63) is 46.4 Å². The van der Waals surface area contributed by atoms with Crippen molar-refractivity contribution in [3.8, 4) is 0 Å². The molecule has 0 aromatic carbocycles. The number of hydrogen-bond donors (Lipinski definition) is 0. The molecule has 0 saturated carbocycles. The fourth-order valence-electron chi connectivity index (χ4n) is 2.86. The third-order valence-corrected chi connectivity index (χ3v) is 4.21. The Morgan fingerprint density at radius 3 is 2.96 bits per heavy atom. The van der Waals surface area contributed by atoms with Crippen LogP contribution in [0.4, 0.5) is 5.82 Å². The van der Waals surface area contributed by atoms with E-state index in [-0.39, 0.29) is 17.6 Å². The molecule has 1 amide bonds. The Kier molecular flexibility index (Phi) is 4.89. The number of rotatable bonds is 4. The second-order valence-corrected chi connectivity index (χ2v) is 6.20. The summed E-state index contributed by atoms with van der Waals surface area (Å²) >= 11 is 0. The standard InChI is InChI=1S/C17H22N4O4/c1-12-4-5-14(25-12)16(22)21-8-9-24-13(11-21)10-20(3)15-17(23)19(2)7-6-18-15/h4-7,13H,8-11H2,1-3H3. The molecule has 0 radical (unpaired) electrons. The van der Waals surface area contributed by atoms with E-state index < -0.39 is 0 Å². The Balaban J connectivity index is 1.66. The first-order valence-electron chi connectivity index (χ1n) is 8.16. The number of aryl methyl sites for hydroxylation is 2. The second-order valence-electron chi connectivity index (χ2n) is 6.20. The van der Waals surface area contributed by atoms with E-state index in [4.69, 9.17) is 9.15 Å². The fourth-order valence-corrected chi connectivity index (χ4v) is 2.86. The highest BCUT2D eigenvalue weighted by atomic mass is 16.5. The van der Waals surface area contributed by atoms with Crippen LogP contribution < -0.4 is 10.5 Å². The number of likely N-dealkylation sites (N-methyl/N-ethyl adjacent to an activating group) is 1. The van der Waals surface area contributed by atoms with Crippen molar-refractivity contribution in [2.24, 2.45) is 7.05 Å². The van der Waals surface area contributed by atoms with E-state index in [2.05, 4.69) is 4.98 Å². The topological polar surface area (TPSA) is 80.8 Å². The number of aromatic nitrogens is 2. The summed E-state index contributed by atoms with van der Waals surface area (Å²) < 4.78 is 12.7. The van der Waals surface area contributed by atoms with Crippen molar-refractivity contribution in [3.63, 3.8) is 0 Å². The van der Waals surface area contributed by atoms with E-state index in [1.807, 2.05) is 0 Å². The lowest BCUT2D eigenvalue weighted by Crippen LogP contribution is -2.49. The van der Waals surface area contributed by atoms with E-state index in [1.165, 1.54) is 4.57 Å². The minimum Gasteiger partial charge on any atom is -0.456 e. The zero-order valence-electron chi connectivity index (χ0n) is 14.6. The van der Waals surface area contributed by atoms with Crippen LogP contribution >= 0.6 is 0 Å². The zero-order chi connectivity index (χ0) is 18.0. The van der Waals surface area contributed by atoms with E-state index in [9.17, 15) is 9.59 Å². The fraction of sp³-hybridized carbons (Fsp3) is 0.471. The minimum absolute atomic E-state index is 0.141. The van der Waals surface area contributed by atoms with Crippen LogP contribution in [-0.4, -0.2) is 59.8 Å². The van der Waals surface area contributed by atoms with Crippen LogP contribution in [0.2, 0.25) is 0 Å². The van der Waals surface area contributed by atoms with Gasteiger partial charge in [0.05, 0.1) is 12.7 Å². The molecule has 0 bridgehead atoms. The number of carbonyl (C=O) groups excluding carboxylic acids is 1. The summed E-state index contributed by atoms with van der Waals surface area (Å²) in [6.45, 7) is 3.68. The Bertz CT molecular complexity index is 813. The SMILES string of the molecule is Cc1ccc(C(=O)N2CCOC(CN(C)c3nccn(C)c3=O)C2)o1. The third-order valence-electron chi connectivity index (χ3n) is 4.21. The molecule has 134 valence electrons. The van der Waals surface area contributed by atoms with Crippen LogP contribution in [0, 0.1) is 6.92 Å². The summed E-state index contributed by atoms with van der Waals surface area (Å²) in [5.74, 6) is 1.26. The van der Waals surface area contributed by atoms with E-state index in [0.717, 1.165) is 0 Å². The number of morpholine rings is 1. The molecule has 8 heteroatoms. The van der Waals surface area contributed by atoms with Crippen molar-refractivity contribution < 1.29 is 13.9 Å². The molecule has 8 nitrogen and oxygen atoms in total. The van der Waals surface area contributed by atoms with Gasteiger partial charge in [0.2, 0.25) is 0 Å². The molecule has 25 heavy (non-hydrogen) atoms. The van der Waals surface area contributed by atoms with Gasteiger partial charge in [0.1, 0.15) is 5.76 Å². The Morgan fingerprint density at radius 1 is 1.44 bits per heavy atom. The van der Waals surface area contributed by atoms with Crippen LogP contribution in [0.15, 0.2) is 33.7 Å². The highest BCUT2D eigenvalue weighted by Gasteiger charge is 2.28. The third kappa shape index (κ3) is 3.74. The summed E-state index contributed by atoms with van der Waals surface area (Å²) in [6, 6.07) is 3.46. The minimum atomic E-state index is -0.203. The maximum atomic E-state index is 12.5. The van der Waals surface area contributed by atoms with Gasteiger partial charge in [-0.05, 0) is 19.1 Å². The van der Waals surface area contributed by atoms with Crippen LogP contribution in [-0.2, 0) is 11.8 Å². The van der Waals surface area contributed by atoms with E-state index >= 15 is 0 Å². The van der Waals surface area contributed by atoms with Gasteiger partial charge in [-0.1, -0.05) is 0 Å². The predicted octanol–water partition coefficient (Wildman–Crippen LogP) is 0.659. The van der Waals surface area contributed by atoms with Gasteiger partial charge >= 0.3 is 0 Å². The normalized spacial score (nSPS) is 17.6. The highest BCUT2D eigenvalue weighted by Crippen LogP contribution is 2.14. The van der Waals surface area contributed by atoms with Crippen molar-refractivity contribution in [1.82, 2.24) is 14.5 Å². The molecule has 2 aromatic rings. The van der Waals surface area contributed by atoms with Gasteiger partial charge in [-0.3, -0.25) is 9.59 Å². The molecular formula is C17H22N4O4. The van der Waals surface area contributed by atoms with Gasteiger partial charge in [0.25, 0.3) is 11.5 Å². The number of ether oxygens (including phenoxy) is 1. The van der Waals surface area contributed by atoms with Crippen molar-refractivity contribution in [2.75, 3.05) is 38.2 Å². The number of anilines is 1. The van der Waals surface area contributed by atoms with Gasteiger partial charge in [-0.15, -0.1) is 0 Å². The number of nitrogens with zero attached hydrogens (tertiary/aromatic N) is 4. The first-order valence-corrected chi connectivity index (χ1v) is 8.16. The van der Waals surface area contributed by atoms with E-state index in [1.54, 1.807) is 55.3 Å². The summed E-state index contributed by atoms with van der Waals surface area (Å²) in [4.78, 5) is 32.3. The largest absolute Gasteiger partial charge is 0.456 e.